The van der Waals surface area contributed by atoms with Gasteiger partial charge in [-0.15, -0.1) is 0 Å². The van der Waals surface area contributed by atoms with Crippen LogP contribution in [0, 0.1) is 5.92 Å². The van der Waals surface area contributed by atoms with Crippen molar-refractivity contribution in [2.45, 2.75) is 46.7 Å². The van der Waals surface area contributed by atoms with E-state index in [0.717, 1.165) is 32.7 Å². The molecule has 1 unspecified atom stereocenters. The van der Waals surface area contributed by atoms with Crippen molar-refractivity contribution in [2.75, 3.05) is 19.8 Å². The first-order valence-electron chi connectivity index (χ1n) is 7.15. The molecule has 1 heterocycles. The Morgan fingerprint density at radius 3 is 2.67 bits per heavy atom. The van der Waals surface area contributed by atoms with Crippen LogP contribution in [0.15, 0.2) is 18.5 Å². The van der Waals surface area contributed by atoms with Crippen LogP contribution in [0.3, 0.4) is 0 Å². The highest BCUT2D eigenvalue weighted by atomic mass is 16.5. The van der Waals surface area contributed by atoms with Gasteiger partial charge >= 0.3 is 0 Å². The fraction of sp³-hybridized carbons (Fsp3) is 0.733. The molecule has 1 rings (SSSR count). The number of hydrogen-bond donors (Lipinski definition) is 1. The average molecular weight is 252 g/mol. The summed E-state index contributed by atoms with van der Waals surface area (Å²) in [6.45, 7) is 12.4. The minimum atomic E-state index is 0.452. The Labute approximate surface area is 112 Å². The maximum absolute atomic E-state index is 5.51. The van der Waals surface area contributed by atoms with E-state index >= 15 is 0 Å². The largest absolute Gasteiger partial charge is 0.380 e. The van der Waals surface area contributed by atoms with Gasteiger partial charge in [-0.25, -0.2) is 0 Å². The number of nitrogens with zero attached hydrogens (tertiary/aromatic N) is 1. The second kappa shape index (κ2) is 8.33. The second-order valence-corrected chi connectivity index (χ2v) is 5.07. The number of aromatic nitrogens is 1. The van der Waals surface area contributed by atoms with Gasteiger partial charge in [-0.1, -0.05) is 27.7 Å². The monoisotopic (exact) mass is 252 g/mol. The molecule has 1 N–H and O–H groups in total. The summed E-state index contributed by atoms with van der Waals surface area (Å²) in [6.07, 6.45) is 5.48. The van der Waals surface area contributed by atoms with Crippen molar-refractivity contribution in [3.8, 4) is 0 Å². The van der Waals surface area contributed by atoms with Gasteiger partial charge in [0, 0.05) is 31.6 Å². The van der Waals surface area contributed by atoms with E-state index in [4.69, 9.17) is 4.74 Å². The summed E-state index contributed by atoms with van der Waals surface area (Å²) >= 11 is 0. The Bertz CT molecular complexity index is 320. The Kier molecular flexibility index (Phi) is 7.06. The minimum absolute atomic E-state index is 0.452. The molecule has 18 heavy (non-hydrogen) atoms. The Morgan fingerprint density at radius 1 is 1.28 bits per heavy atom. The lowest BCUT2D eigenvalue weighted by atomic mass is 9.98. The number of ether oxygens (including phenoxy) is 1. The molecule has 0 aromatic carbocycles. The number of hydrogen-bond acceptors (Lipinski definition) is 2. The van der Waals surface area contributed by atoms with Crippen LogP contribution in [0.25, 0.3) is 0 Å². The van der Waals surface area contributed by atoms with E-state index in [0.29, 0.717) is 12.0 Å². The number of rotatable bonds is 9. The van der Waals surface area contributed by atoms with Gasteiger partial charge in [-0.3, -0.25) is 0 Å². The molecular weight excluding hydrogens is 224 g/mol. The molecule has 1 atom stereocenters. The second-order valence-electron chi connectivity index (χ2n) is 5.07. The normalized spacial score (nSPS) is 13.2. The average Bonchev–Trinajstić information content (AvgIpc) is 2.79. The van der Waals surface area contributed by atoms with Gasteiger partial charge in [0.05, 0.1) is 6.61 Å². The van der Waals surface area contributed by atoms with Gasteiger partial charge in [0.1, 0.15) is 0 Å². The van der Waals surface area contributed by atoms with Crippen molar-refractivity contribution in [3.05, 3.63) is 24.0 Å². The predicted molar refractivity (Wildman–Crippen MR) is 76.8 cm³/mol. The molecule has 0 saturated carbocycles. The van der Waals surface area contributed by atoms with Crippen molar-refractivity contribution in [3.63, 3.8) is 0 Å². The lowest BCUT2D eigenvalue weighted by molar-refractivity contribution is 0.127. The Balaban J connectivity index is 2.50. The summed E-state index contributed by atoms with van der Waals surface area (Å²) in [6, 6.07) is 2.67. The van der Waals surface area contributed by atoms with Crippen molar-refractivity contribution in [2.24, 2.45) is 5.92 Å². The van der Waals surface area contributed by atoms with Crippen LogP contribution in [0.2, 0.25) is 0 Å². The van der Waals surface area contributed by atoms with Gasteiger partial charge < -0.3 is 14.6 Å². The van der Waals surface area contributed by atoms with Crippen LogP contribution in [0.5, 0.6) is 0 Å². The number of nitrogens with one attached hydrogen (secondary N) is 1. The van der Waals surface area contributed by atoms with Crippen LogP contribution in [0.4, 0.5) is 0 Å². The molecule has 0 bridgehead atoms. The highest BCUT2D eigenvalue weighted by molar-refractivity contribution is 5.16. The van der Waals surface area contributed by atoms with Crippen molar-refractivity contribution in [1.82, 2.24) is 9.88 Å². The molecule has 0 aliphatic heterocycles. The van der Waals surface area contributed by atoms with Crippen LogP contribution in [-0.2, 0) is 11.3 Å². The molecular formula is C15H28N2O. The van der Waals surface area contributed by atoms with Gasteiger partial charge in [0.2, 0.25) is 0 Å². The first-order chi connectivity index (χ1) is 8.69. The zero-order valence-electron chi connectivity index (χ0n) is 12.3. The SMILES string of the molecule is CCCOCCn1ccc(C(NCC)C(C)C)c1. The Morgan fingerprint density at radius 2 is 2.06 bits per heavy atom. The van der Waals surface area contributed by atoms with E-state index in [9.17, 15) is 0 Å². The molecule has 0 saturated heterocycles. The summed E-state index contributed by atoms with van der Waals surface area (Å²) in [4.78, 5) is 0. The van der Waals surface area contributed by atoms with Crippen LogP contribution in [-0.4, -0.2) is 24.3 Å². The van der Waals surface area contributed by atoms with Gasteiger partial charge in [0.25, 0.3) is 0 Å². The summed E-state index contributed by atoms with van der Waals surface area (Å²) in [5.74, 6) is 0.608. The molecule has 1 aromatic rings. The fourth-order valence-corrected chi connectivity index (χ4v) is 2.16. The van der Waals surface area contributed by atoms with Crippen molar-refractivity contribution < 1.29 is 4.74 Å². The molecule has 0 fully saturated rings. The lowest BCUT2D eigenvalue weighted by Crippen LogP contribution is -2.25. The molecule has 3 heteroatoms. The van der Waals surface area contributed by atoms with Gasteiger partial charge in [-0.05, 0) is 30.5 Å². The standard InChI is InChI=1S/C15H28N2O/c1-5-10-18-11-9-17-8-7-14(12-17)15(13(3)4)16-6-2/h7-8,12-13,15-16H,5-6,9-11H2,1-4H3. The fourth-order valence-electron chi connectivity index (χ4n) is 2.16. The van der Waals surface area contributed by atoms with E-state index in [1.54, 1.807) is 0 Å². The van der Waals surface area contributed by atoms with Crippen LogP contribution in [0.1, 0.15) is 45.7 Å². The van der Waals surface area contributed by atoms with E-state index in [1.165, 1.54) is 5.56 Å². The van der Waals surface area contributed by atoms with E-state index in [1.807, 2.05) is 0 Å². The molecule has 3 nitrogen and oxygen atoms in total. The van der Waals surface area contributed by atoms with Gasteiger partial charge in [-0.2, -0.15) is 0 Å². The van der Waals surface area contributed by atoms with Crippen LogP contribution < -0.4 is 5.32 Å². The van der Waals surface area contributed by atoms with Crippen molar-refractivity contribution in [1.29, 1.82) is 0 Å². The zero-order valence-corrected chi connectivity index (χ0v) is 12.3. The zero-order chi connectivity index (χ0) is 13.4. The summed E-state index contributed by atoms with van der Waals surface area (Å²) in [5, 5.41) is 3.54. The Hall–Kier alpha value is -0.800. The molecule has 0 radical (unpaired) electrons. The maximum Gasteiger partial charge on any atom is 0.0645 e. The summed E-state index contributed by atoms with van der Waals surface area (Å²) < 4.78 is 7.73. The molecule has 0 spiro atoms. The van der Waals surface area contributed by atoms with Crippen molar-refractivity contribution >= 4 is 0 Å². The third-order valence-electron chi connectivity index (χ3n) is 3.07. The smallest absolute Gasteiger partial charge is 0.0645 e. The topological polar surface area (TPSA) is 26.2 Å². The summed E-state index contributed by atoms with van der Waals surface area (Å²) in [7, 11) is 0. The third-order valence-corrected chi connectivity index (χ3v) is 3.07. The lowest BCUT2D eigenvalue weighted by Gasteiger charge is -2.20. The highest BCUT2D eigenvalue weighted by Gasteiger charge is 2.15. The molecule has 0 amide bonds. The molecule has 1 aromatic heterocycles. The molecule has 0 aliphatic carbocycles. The van der Waals surface area contributed by atoms with E-state index < -0.39 is 0 Å². The minimum Gasteiger partial charge on any atom is -0.380 e. The highest BCUT2D eigenvalue weighted by Crippen LogP contribution is 2.21. The maximum atomic E-state index is 5.51. The first kappa shape index (κ1) is 15.3. The summed E-state index contributed by atoms with van der Waals surface area (Å²) in [5.41, 5.74) is 1.38. The van der Waals surface area contributed by atoms with Gasteiger partial charge in [0.15, 0.2) is 0 Å². The third kappa shape index (κ3) is 4.83. The quantitative estimate of drug-likeness (QED) is 0.683. The molecule has 0 aliphatic rings. The van der Waals surface area contributed by atoms with Crippen LogP contribution >= 0.6 is 0 Å². The van der Waals surface area contributed by atoms with E-state index in [-0.39, 0.29) is 0 Å². The van der Waals surface area contributed by atoms with E-state index in [2.05, 4.69) is 56.0 Å². The first-order valence-corrected chi connectivity index (χ1v) is 7.15. The predicted octanol–water partition coefficient (Wildman–Crippen LogP) is 3.22. The molecule has 104 valence electrons.